The maximum absolute atomic E-state index is 12.7. The van der Waals surface area contributed by atoms with Gasteiger partial charge >= 0.3 is 0 Å². The molecule has 32 heavy (non-hydrogen) atoms. The second-order valence-corrected chi connectivity index (χ2v) is 7.29. The van der Waals surface area contributed by atoms with Gasteiger partial charge in [-0.05, 0) is 43.5 Å². The van der Waals surface area contributed by atoms with Gasteiger partial charge in [-0.3, -0.25) is 30.0 Å². The van der Waals surface area contributed by atoms with Crippen LogP contribution in [-0.2, 0) is 16.2 Å². The number of amides is 2. The van der Waals surface area contributed by atoms with Gasteiger partial charge in [0.1, 0.15) is 18.0 Å². The summed E-state index contributed by atoms with van der Waals surface area (Å²) in [6.07, 6.45) is 0.612. The number of anilines is 1. The number of rotatable bonds is 8. The van der Waals surface area contributed by atoms with Crippen molar-refractivity contribution in [3.63, 3.8) is 0 Å². The Bertz CT molecular complexity index is 1110. The van der Waals surface area contributed by atoms with Crippen molar-refractivity contribution < 1.29 is 19.2 Å². The zero-order chi connectivity index (χ0) is 23.3. The Kier molecular flexibility index (Phi) is 6.99. The first-order valence-electron chi connectivity index (χ1n) is 10.2. The van der Waals surface area contributed by atoms with E-state index in [1.807, 2.05) is 37.3 Å². The number of nitro groups is 1. The first-order chi connectivity index (χ1) is 15.3. The molecule has 1 aliphatic rings. The average Bonchev–Trinajstić information content (AvgIpc) is 2.80. The lowest BCUT2D eigenvalue weighted by Gasteiger charge is -2.27. The molecule has 9 heteroatoms. The normalized spacial score (nSPS) is 15.3. The van der Waals surface area contributed by atoms with Gasteiger partial charge in [-0.25, -0.2) is 0 Å². The first kappa shape index (κ1) is 22.7. The number of nitrogens with zero attached hydrogens (tertiary/aromatic N) is 3. The minimum atomic E-state index is -0.554. The van der Waals surface area contributed by atoms with E-state index in [-0.39, 0.29) is 36.1 Å². The van der Waals surface area contributed by atoms with Crippen LogP contribution in [-0.4, -0.2) is 33.9 Å². The van der Waals surface area contributed by atoms with Crippen LogP contribution in [0.5, 0.6) is 5.75 Å². The third-order valence-electron chi connectivity index (χ3n) is 5.08. The summed E-state index contributed by atoms with van der Waals surface area (Å²) in [6, 6.07) is 13.8. The lowest BCUT2D eigenvalue weighted by Crippen LogP contribution is -2.46. The van der Waals surface area contributed by atoms with E-state index in [0.29, 0.717) is 23.3 Å². The third kappa shape index (κ3) is 4.83. The molecule has 0 saturated heterocycles. The maximum atomic E-state index is 12.7. The average molecular weight is 436 g/mol. The highest BCUT2D eigenvalue weighted by Crippen LogP contribution is 2.30. The van der Waals surface area contributed by atoms with Crippen LogP contribution >= 0.6 is 0 Å². The smallest absolute Gasteiger partial charge is 0.297 e. The van der Waals surface area contributed by atoms with Gasteiger partial charge in [-0.15, -0.1) is 0 Å². The van der Waals surface area contributed by atoms with Crippen molar-refractivity contribution in [2.24, 2.45) is 5.10 Å². The molecular formula is C23H24N4O5. The third-order valence-corrected chi connectivity index (χ3v) is 5.08. The molecule has 1 N–H and O–H groups in total. The summed E-state index contributed by atoms with van der Waals surface area (Å²) in [6.45, 7) is 5.66. The van der Waals surface area contributed by atoms with E-state index in [0.717, 1.165) is 10.5 Å². The molecule has 1 heterocycles. The van der Waals surface area contributed by atoms with E-state index >= 15 is 0 Å². The van der Waals surface area contributed by atoms with Gasteiger partial charge in [-0.1, -0.05) is 37.3 Å². The van der Waals surface area contributed by atoms with E-state index < -0.39 is 10.8 Å². The zero-order valence-electron chi connectivity index (χ0n) is 18.1. The summed E-state index contributed by atoms with van der Waals surface area (Å²) in [4.78, 5) is 37.3. The summed E-state index contributed by atoms with van der Waals surface area (Å²) in [5.41, 5.74) is 4.31. The molecule has 0 unspecified atom stereocenters. The summed E-state index contributed by atoms with van der Waals surface area (Å²) in [7, 11) is 0. The number of hydrogen-bond donors (Lipinski definition) is 1. The number of carbonyl (C=O) groups excluding carboxylic acids is 2. The van der Waals surface area contributed by atoms with Gasteiger partial charge in [-0.2, -0.15) is 5.10 Å². The quantitative estimate of drug-likeness (QED) is 0.379. The zero-order valence-corrected chi connectivity index (χ0v) is 18.1. The molecule has 0 saturated carbocycles. The molecule has 9 nitrogen and oxygen atoms in total. The van der Waals surface area contributed by atoms with Gasteiger partial charge in [0.05, 0.1) is 11.0 Å². The molecule has 3 rings (SSSR count). The number of ether oxygens (including phenoxy) is 1. The Balaban J connectivity index is 1.84. The number of nitrogens with one attached hydrogen (secondary N) is 1. The molecule has 0 atom stereocenters. The van der Waals surface area contributed by atoms with Crippen molar-refractivity contribution in [2.75, 3.05) is 12.0 Å². The van der Waals surface area contributed by atoms with Crippen molar-refractivity contribution in [2.45, 2.75) is 33.8 Å². The highest BCUT2D eigenvalue weighted by atomic mass is 16.6. The summed E-state index contributed by atoms with van der Waals surface area (Å²) in [5, 5.41) is 15.7. The Labute approximate surface area is 185 Å². The molecular weight excluding hydrogens is 412 g/mol. The predicted molar refractivity (Wildman–Crippen MR) is 120 cm³/mol. The first-order valence-corrected chi connectivity index (χ1v) is 10.2. The molecule has 0 radical (unpaired) electrons. The second-order valence-electron chi connectivity index (χ2n) is 7.29. The van der Waals surface area contributed by atoms with E-state index in [4.69, 9.17) is 4.74 Å². The van der Waals surface area contributed by atoms with Gasteiger partial charge < -0.3 is 4.74 Å². The van der Waals surface area contributed by atoms with Crippen LogP contribution in [0.15, 0.2) is 64.8 Å². The van der Waals surface area contributed by atoms with Crippen LogP contribution in [0.4, 0.5) is 11.4 Å². The van der Waals surface area contributed by atoms with Crippen LogP contribution in [0.2, 0.25) is 0 Å². The number of hydrogen-bond acceptors (Lipinski definition) is 7. The van der Waals surface area contributed by atoms with Gasteiger partial charge in [0.25, 0.3) is 17.5 Å². The summed E-state index contributed by atoms with van der Waals surface area (Å²) in [5.74, 6) is -0.545. The van der Waals surface area contributed by atoms with Crippen molar-refractivity contribution >= 4 is 28.9 Å². The molecule has 1 aliphatic heterocycles. The van der Waals surface area contributed by atoms with Gasteiger partial charge in [0.15, 0.2) is 5.71 Å². The molecule has 0 aliphatic carbocycles. The monoisotopic (exact) mass is 436 g/mol. The molecule has 0 bridgehead atoms. The molecule has 0 spiro atoms. The Morgan fingerprint density at radius 2 is 1.78 bits per heavy atom. The van der Waals surface area contributed by atoms with E-state index in [9.17, 15) is 19.7 Å². The predicted octanol–water partition coefficient (Wildman–Crippen LogP) is 4.06. The fourth-order valence-corrected chi connectivity index (χ4v) is 3.18. The lowest BCUT2D eigenvalue weighted by molar-refractivity contribution is -0.384. The van der Waals surface area contributed by atoms with Gasteiger partial charge in [0.2, 0.25) is 0 Å². The Morgan fingerprint density at radius 3 is 2.44 bits per heavy atom. The van der Waals surface area contributed by atoms with Crippen molar-refractivity contribution in [3.8, 4) is 5.75 Å². The Morgan fingerprint density at radius 1 is 1.06 bits per heavy atom. The van der Waals surface area contributed by atoms with Crippen molar-refractivity contribution in [3.05, 3.63) is 75.4 Å². The van der Waals surface area contributed by atoms with Crippen LogP contribution < -0.4 is 10.2 Å². The molecule has 2 aromatic rings. The minimum absolute atomic E-state index is 0.0502. The van der Waals surface area contributed by atoms with Gasteiger partial charge in [0, 0.05) is 12.1 Å². The SMILES string of the molecule is CCCN1C(=O)C(C)=C(C)/C(=N/Nc2ccc(OCc3ccccc3)cc2[N+](=O)[O-])C1=O. The highest BCUT2D eigenvalue weighted by molar-refractivity contribution is 6.50. The standard InChI is InChI=1S/C23H24N4O5/c1-4-12-26-22(28)16(3)15(2)21(23(26)29)25-24-19-11-10-18(13-20(19)27(30)31)32-14-17-8-6-5-7-9-17/h5-11,13,24H,4,12,14H2,1-3H3/b25-21-. The molecule has 2 amide bonds. The summed E-state index contributed by atoms with van der Waals surface area (Å²) < 4.78 is 5.66. The van der Waals surface area contributed by atoms with E-state index in [1.165, 1.54) is 12.1 Å². The lowest BCUT2D eigenvalue weighted by atomic mass is 9.99. The van der Waals surface area contributed by atoms with E-state index in [1.54, 1.807) is 19.9 Å². The van der Waals surface area contributed by atoms with E-state index in [2.05, 4.69) is 10.5 Å². The fourth-order valence-electron chi connectivity index (χ4n) is 3.18. The summed E-state index contributed by atoms with van der Waals surface area (Å²) >= 11 is 0. The number of nitro benzene ring substituents is 1. The maximum Gasteiger partial charge on any atom is 0.297 e. The largest absolute Gasteiger partial charge is 0.489 e. The van der Waals surface area contributed by atoms with Crippen molar-refractivity contribution in [1.82, 2.24) is 4.90 Å². The number of hydrazone groups is 1. The van der Waals surface area contributed by atoms with Crippen LogP contribution in [0.3, 0.4) is 0 Å². The van der Waals surface area contributed by atoms with Crippen LogP contribution in [0.25, 0.3) is 0 Å². The molecule has 2 aromatic carbocycles. The Hall–Kier alpha value is -4.01. The number of imide groups is 1. The van der Waals surface area contributed by atoms with Crippen LogP contribution in [0.1, 0.15) is 32.8 Å². The van der Waals surface area contributed by atoms with Crippen LogP contribution in [0, 0.1) is 10.1 Å². The second kappa shape index (κ2) is 9.86. The molecule has 0 aromatic heterocycles. The molecule has 0 fully saturated rings. The topological polar surface area (TPSA) is 114 Å². The van der Waals surface area contributed by atoms with Crippen molar-refractivity contribution in [1.29, 1.82) is 0 Å². The highest BCUT2D eigenvalue weighted by Gasteiger charge is 2.34. The minimum Gasteiger partial charge on any atom is -0.489 e. The molecule has 166 valence electrons. The number of benzene rings is 2. The fraction of sp³-hybridized carbons (Fsp3) is 0.261. The number of carbonyl (C=O) groups is 2.